The van der Waals surface area contributed by atoms with Crippen molar-refractivity contribution in [2.24, 2.45) is 0 Å². The highest BCUT2D eigenvalue weighted by Crippen LogP contribution is 2.05. The smallest absolute Gasteiger partial charge is 0.0638 e. The summed E-state index contributed by atoms with van der Waals surface area (Å²) in [6.07, 6.45) is 0.625. The Bertz CT molecular complexity index is 147. The monoisotopic (exact) mass is 154 g/mol. The lowest BCUT2D eigenvalue weighted by atomic mass is 10.2. The molecule has 1 atom stereocenters. The number of nitrogens with zero attached hydrogens (tertiary/aromatic N) is 2. The first kappa shape index (κ1) is 8.51. The summed E-state index contributed by atoms with van der Waals surface area (Å²) in [4.78, 5) is 2.30. The van der Waals surface area contributed by atoms with E-state index in [4.69, 9.17) is 10.00 Å². The van der Waals surface area contributed by atoms with E-state index < -0.39 is 0 Å². The van der Waals surface area contributed by atoms with Crippen LogP contribution in [0, 0.1) is 11.3 Å². The molecule has 0 amide bonds. The van der Waals surface area contributed by atoms with Gasteiger partial charge in [0.05, 0.1) is 25.7 Å². The minimum absolute atomic E-state index is 0.392. The molecule has 0 radical (unpaired) electrons. The summed E-state index contributed by atoms with van der Waals surface area (Å²) >= 11 is 0. The molecule has 3 nitrogen and oxygen atoms in total. The standard InChI is InChI=1S/C8H14N2O/c1-8(2-3-9)10-4-6-11-7-5-10/h8H,2,4-7H2,1H3. The molecule has 3 heteroatoms. The summed E-state index contributed by atoms with van der Waals surface area (Å²) in [6, 6.07) is 2.57. The van der Waals surface area contributed by atoms with Crippen LogP contribution >= 0.6 is 0 Å². The van der Waals surface area contributed by atoms with Crippen LogP contribution in [0.3, 0.4) is 0 Å². The molecule has 11 heavy (non-hydrogen) atoms. The van der Waals surface area contributed by atoms with Crippen LogP contribution in [-0.4, -0.2) is 37.2 Å². The summed E-state index contributed by atoms with van der Waals surface area (Å²) in [7, 11) is 0. The van der Waals surface area contributed by atoms with Crippen LogP contribution in [0.25, 0.3) is 0 Å². The van der Waals surface area contributed by atoms with Crippen LogP contribution in [0.1, 0.15) is 13.3 Å². The van der Waals surface area contributed by atoms with E-state index in [1.807, 2.05) is 0 Å². The third-order valence-corrected chi connectivity index (χ3v) is 2.06. The van der Waals surface area contributed by atoms with Crippen molar-refractivity contribution in [3.05, 3.63) is 0 Å². The van der Waals surface area contributed by atoms with Gasteiger partial charge in [0.25, 0.3) is 0 Å². The van der Waals surface area contributed by atoms with Crippen molar-refractivity contribution < 1.29 is 4.74 Å². The average molecular weight is 154 g/mol. The summed E-state index contributed by atoms with van der Waals surface area (Å²) in [5, 5.41) is 8.46. The first-order valence-electron chi connectivity index (χ1n) is 4.03. The quantitative estimate of drug-likeness (QED) is 0.585. The normalized spacial score (nSPS) is 22.5. The zero-order valence-corrected chi connectivity index (χ0v) is 6.92. The van der Waals surface area contributed by atoms with Crippen LogP contribution in [0.5, 0.6) is 0 Å². The Morgan fingerprint density at radius 1 is 1.55 bits per heavy atom. The van der Waals surface area contributed by atoms with Crippen LogP contribution in [0.2, 0.25) is 0 Å². The average Bonchev–Trinajstić information content (AvgIpc) is 2.07. The molecule has 0 aromatic heterocycles. The number of ether oxygens (including phenoxy) is 1. The topological polar surface area (TPSA) is 36.3 Å². The van der Waals surface area contributed by atoms with Crippen molar-refractivity contribution in [3.63, 3.8) is 0 Å². The largest absolute Gasteiger partial charge is 0.379 e. The molecule has 1 aliphatic heterocycles. The molecule has 1 aliphatic rings. The van der Waals surface area contributed by atoms with E-state index in [2.05, 4.69) is 17.9 Å². The van der Waals surface area contributed by atoms with Gasteiger partial charge in [-0.25, -0.2) is 0 Å². The Morgan fingerprint density at radius 3 is 2.73 bits per heavy atom. The van der Waals surface area contributed by atoms with Crippen molar-refractivity contribution in [2.45, 2.75) is 19.4 Å². The van der Waals surface area contributed by atoms with Crippen molar-refractivity contribution in [3.8, 4) is 6.07 Å². The van der Waals surface area contributed by atoms with E-state index in [0.717, 1.165) is 26.3 Å². The van der Waals surface area contributed by atoms with Gasteiger partial charge in [0.2, 0.25) is 0 Å². The highest BCUT2D eigenvalue weighted by Gasteiger charge is 2.15. The van der Waals surface area contributed by atoms with Gasteiger partial charge in [0.1, 0.15) is 0 Å². The van der Waals surface area contributed by atoms with E-state index >= 15 is 0 Å². The van der Waals surface area contributed by atoms with Crippen LogP contribution in [0.4, 0.5) is 0 Å². The van der Waals surface area contributed by atoms with Gasteiger partial charge in [-0.1, -0.05) is 0 Å². The predicted octanol–water partition coefficient (Wildman–Crippen LogP) is 0.621. The summed E-state index contributed by atoms with van der Waals surface area (Å²) in [5.74, 6) is 0. The van der Waals surface area contributed by atoms with E-state index in [1.54, 1.807) is 0 Å². The Labute approximate surface area is 67.6 Å². The molecule has 1 heterocycles. The molecule has 0 aromatic carbocycles. The van der Waals surface area contributed by atoms with Gasteiger partial charge >= 0.3 is 0 Å². The Morgan fingerprint density at radius 2 is 2.18 bits per heavy atom. The zero-order valence-electron chi connectivity index (χ0n) is 6.92. The fraction of sp³-hybridized carbons (Fsp3) is 0.875. The van der Waals surface area contributed by atoms with Gasteiger partial charge in [-0.2, -0.15) is 5.26 Å². The Kier molecular flexibility index (Phi) is 3.34. The second kappa shape index (κ2) is 4.32. The maximum absolute atomic E-state index is 8.46. The fourth-order valence-corrected chi connectivity index (χ4v) is 1.28. The molecule has 0 spiro atoms. The van der Waals surface area contributed by atoms with Gasteiger partial charge in [-0.3, -0.25) is 4.90 Å². The second-order valence-electron chi connectivity index (χ2n) is 2.86. The lowest BCUT2D eigenvalue weighted by molar-refractivity contribution is 0.0211. The van der Waals surface area contributed by atoms with Crippen molar-refractivity contribution in [2.75, 3.05) is 26.3 Å². The minimum atomic E-state index is 0.392. The molecule has 0 bridgehead atoms. The molecule has 1 fully saturated rings. The maximum atomic E-state index is 8.46. The van der Waals surface area contributed by atoms with Gasteiger partial charge in [-0.15, -0.1) is 0 Å². The first-order chi connectivity index (χ1) is 5.34. The summed E-state index contributed by atoms with van der Waals surface area (Å²) in [5.41, 5.74) is 0. The predicted molar refractivity (Wildman–Crippen MR) is 42.1 cm³/mol. The number of hydrogen-bond acceptors (Lipinski definition) is 3. The number of rotatable bonds is 2. The van der Waals surface area contributed by atoms with Gasteiger partial charge < -0.3 is 4.74 Å². The molecular weight excluding hydrogens is 140 g/mol. The number of nitriles is 1. The summed E-state index contributed by atoms with van der Waals surface area (Å²) < 4.78 is 5.20. The van der Waals surface area contributed by atoms with Gasteiger partial charge in [0, 0.05) is 19.1 Å². The first-order valence-corrected chi connectivity index (χ1v) is 4.03. The highest BCUT2D eigenvalue weighted by atomic mass is 16.5. The van der Waals surface area contributed by atoms with Gasteiger partial charge in [-0.05, 0) is 6.92 Å². The number of morpholine rings is 1. The van der Waals surface area contributed by atoms with E-state index in [-0.39, 0.29) is 0 Å². The summed E-state index contributed by atoms with van der Waals surface area (Å²) in [6.45, 7) is 5.67. The number of hydrogen-bond donors (Lipinski definition) is 0. The maximum Gasteiger partial charge on any atom is 0.0638 e. The molecule has 0 aromatic rings. The lowest BCUT2D eigenvalue weighted by Gasteiger charge is -2.30. The van der Waals surface area contributed by atoms with E-state index in [9.17, 15) is 0 Å². The fourth-order valence-electron chi connectivity index (χ4n) is 1.28. The van der Waals surface area contributed by atoms with Crippen LogP contribution < -0.4 is 0 Å². The van der Waals surface area contributed by atoms with Gasteiger partial charge in [0.15, 0.2) is 0 Å². The lowest BCUT2D eigenvalue weighted by Crippen LogP contribution is -2.41. The highest BCUT2D eigenvalue weighted by molar-refractivity contribution is 4.80. The molecule has 62 valence electrons. The Balaban J connectivity index is 2.27. The second-order valence-corrected chi connectivity index (χ2v) is 2.86. The van der Waals surface area contributed by atoms with Crippen LogP contribution in [-0.2, 0) is 4.74 Å². The van der Waals surface area contributed by atoms with Crippen molar-refractivity contribution in [1.82, 2.24) is 4.90 Å². The molecule has 0 aliphatic carbocycles. The molecule has 1 saturated heterocycles. The SMILES string of the molecule is CC(CC#N)N1CCOCC1. The van der Waals surface area contributed by atoms with Crippen LogP contribution in [0.15, 0.2) is 0 Å². The molecule has 0 saturated carbocycles. The third kappa shape index (κ3) is 2.49. The third-order valence-electron chi connectivity index (χ3n) is 2.06. The van der Waals surface area contributed by atoms with E-state index in [0.29, 0.717) is 12.5 Å². The molecule has 0 N–H and O–H groups in total. The Hall–Kier alpha value is -0.590. The molecule has 1 unspecified atom stereocenters. The minimum Gasteiger partial charge on any atom is -0.379 e. The zero-order chi connectivity index (χ0) is 8.10. The van der Waals surface area contributed by atoms with E-state index in [1.165, 1.54) is 0 Å². The van der Waals surface area contributed by atoms with Crippen molar-refractivity contribution in [1.29, 1.82) is 5.26 Å². The van der Waals surface area contributed by atoms with Crippen molar-refractivity contribution >= 4 is 0 Å². The molecular formula is C8H14N2O. The molecule has 1 rings (SSSR count).